The summed E-state index contributed by atoms with van der Waals surface area (Å²) in [6.07, 6.45) is 45.1. The van der Waals surface area contributed by atoms with E-state index in [9.17, 15) is 0 Å². The SMILES string of the molecule is CCCCCCCCCCCOC(CC)CCCCCCCCOP(OCCCCCCCCC(CC)OCCCCCCCCCCC)Oc1ccccc1. The van der Waals surface area contributed by atoms with Gasteiger partial charge in [-0.2, -0.15) is 0 Å². The van der Waals surface area contributed by atoms with Crippen LogP contribution < -0.4 is 4.52 Å². The smallest absolute Gasteiger partial charge is 0.397 e. The second-order valence-corrected chi connectivity index (χ2v) is 17.7. The summed E-state index contributed by atoms with van der Waals surface area (Å²) in [7, 11) is -1.37. The van der Waals surface area contributed by atoms with Crippen LogP contribution in [0, 0.1) is 0 Å². The minimum Gasteiger partial charge on any atom is -0.427 e. The van der Waals surface area contributed by atoms with Gasteiger partial charge >= 0.3 is 8.60 Å². The summed E-state index contributed by atoms with van der Waals surface area (Å²) in [4.78, 5) is 0. The van der Waals surface area contributed by atoms with Crippen LogP contribution in [0.1, 0.15) is 246 Å². The third kappa shape index (κ3) is 36.4. The quantitative estimate of drug-likeness (QED) is 0.0485. The first-order valence-electron chi connectivity index (χ1n) is 24.8. The lowest BCUT2D eigenvalue weighted by molar-refractivity contribution is 0.0405. The first kappa shape index (κ1) is 53.3. The van der Waals surface area contributed by atoms with E-state index in [1.165, 1.54) is 193 Å². The van der Waals surface area contributed by atoms with Crippen molar-refractivity contribution < 1.29 is 23.0 Å². The molecule has 0 heterocycles. The lowest BCUT2D eigenvalue weighted by Gasteiger charge is -2.17. The van der Waals surface area contributed by atoms with E-state index in [2.05, 4.69) is 27.7 Å². The third-order valence-electron chi connectivity index (χ3n) is 11.3. The predicted octanol–water partition coefficient (Wildman–Crippen LogP) is 17.4. The van der Waals surface area contributed by atoms with E-state index in [1.807, 2.05) is 30.3 Å². The zero-order valence-corrected chi connectivity index (χ0v) is 38.8. The van der Waals surface area contributed by atoms with Crippen molar-refractivity contribution in [1.29, 1.82) is 0 Å². The number of hydrogen-bond acceptors (Lipinski definition) is 5. The second-order valence-electron chi connectivity index (χ2n) is 16.6. The van der Waals surface area contributed by atoms with Gasteiger partial charge < -0.3 is 23.0 Å². The van der Waals surface area contributed by atoms with Crippen molar-refractivity contribution in [3.63, 3.8) is 0 Å². The Bertz CT molecular complexity index is 822. The summed E-state index contributed by atoms with van der Waals surface area (Å²) in [6, 6.07) is 9.99. The van der Waals surface area contributed by atoms with Crippen molar-refractivity contribution in [1.82, 2.24) is 0 Å². The van der Waals surface area contributed by atoms with Crippen LogP contribution in [0.15, 0.2) is 30.3 Å². The van der Waals surface area contributed by atoms with Crippen molar-refractivity contribution in [3.8, 4) is 5.75 Å². The summed E-state index contributed by atoms with van der Waals surface area (Å²) < 4.78 is 30.9. The Morgan fingerprint density at radius 1 is 0.375 bits per heavy atom. The molecule has 0 aliphatic carbocycles. The number of unbranched alkanes of at least 4 members (excludes halogenated alkanes) is 26. The number of hydrogen-bond donors (Lipinski definition) is 0. The Hall–Kier alpha value is -0.710. The summed E-state index contributed by atoms with van der Waals surface area (Å²) in [5.41, 5.74) is 0. The van der Waals surface area contributed by atoms with E-state index in [4.69, 9.17) is 23.0 Å². The van der Waals surface area contributed by atoms with Gasteiger partial charge in [0.15, 0.2) is 0 Å². The van der Waals surface area contributed by atoms with Crippen molar-refractivity contribution in [2.45, 2.75) is 258 Å². The lowest BCUT2D eigenvalue weighted by atomic mass is 10.1. The van der Waals surface area contributed by atoms with Crippen LogP contribution in [-0.4, -0.2) is 38.6 Å². The minimum atomic E-state index is -1.37. The molecule has 2 unspecified atom stereocenters. The Labute approximate surface area is 351 Å². The Morgan fingerprint density at radius 2 is 0.696 bits per heavy atom. The van der Waals surface area contributed by atoms with Gasteiger partial charge in [-0.25, -0.2) is 0 Å². The van der Waals surface area contributed by atoms with Crippen LogP contribution in [-0.2, 0) is 18.5 Å². The molecule has 0 saturated heterocycles. The molecule has 1 aromatic rings. The van der Waals surface area contributed by atoms with Crippen LogP contribution in [0.25, 0.3) is 0 Å². The van der Waals surface area contributed by atoms with Crippen LogP contribution in [0.3, 0.4) is 0 Å². The number of ether oxygens (including phenoxy) is 2. The van der Waals surface area contributed by atoms with E-state index in [-0.39, 0.29) is 0 Å². The zero-order chi connectivity index (χ0) is 40.3. The van der Waals surface area contributed by atoms with Crippen LogP contribution in [0.4, 0.5) is 0 Å². The summed E-state index contributed by atoms with van der Waals surface area (Å²) in [5, 5.41) is 0. The normalized spacial score (nSPS) is 13.3. The van der Waals surface area contributed by atoms with Crippen molar-refractivity contribution in [2.24, 2.45) is 0 Å². The molecule has 5 nitrogen and oxygen atoms in total. The first-order valence-corrected chi connectivity index (χ1v) is 25.8. The minimum absolute atomic E-state index is 0.448. The fraction of sp³-hybridized carbons (Fsp3) is 0.880. The van der Waals surface area contributed by atoms with Crippen molar-refractivity contribution in [2.75, 3.05) is 26.4 Å². The molecule has 0 aliphatic rings. The largest absolute Gasteiger partial charge is 0.427 e. The standard InChI is InChI=1S/C50H95O5P/c1-5-9-11-13-15-17-21-27-36-44-51-48(7-3)40-32-25-19-23-29-38-46-53-56(55-50-42-34-31-35-43-50)54-47-39-30-24-20-26-33-41-49(8-4)52-45-37-28-22-18-16-14-12-10-6-2/h31,34-35,42-43,48-49H,5-30,32-33,36-41,44-47H2,1-4H3. The highest BCUT2D eigenvalue weighted by atomic mass is 31.2. The molecule has 0 spiro atoms. The molecule has 1 rings (SSSR count). The maximum absolute atomic E-state index is 6.23. The predicted molar refractivity (Wildman–Crippen MR) is 245 cm³/mol. The molecule has 0 saturated carbocycles. The maximum atomic E-state index is 6.23. The average molecular weight is 807 g/mol. The van der Waals surface area contributed by atoms with Gasteiger partial charge in [0.05, 0.1) is 25.4 Å². The molecular weight excluding hydrogens is 712 g/mol. The lowest BCUT2D eigenvalue weighted by Crippen LogP contribution is -2.12. The summed E-state index contributed by atoms with van der Waals surface area (Å²) in [5.74, 6) is 0.823. The van der Waals surface area contributed by atoms with E-state index in [1.54, 1.807) is 0 Å². The van der Waals surface area contributed by atoms with E-state index in [0.717, 1.165) is 44.6 Å². The summed E-state index contributed by atoms with van der Waals surface area (Å²) >= 11 is 0. The third-order valence-corrected chi connectivity index (χ3v) is 12.4. The van der Waals surface area contributed by atoms with E-state index >= 15 is 0 Å². The molecule has 2 atom stereocenters. The molecular formula is C50H95O5P. The molecule has 6 heteroatoms. The fourth-order valence-electron chi connectivity index (χ4n) is 7.43. The Kier molecular flexibility index (Phi) is 41.7. The van der Waals surface area contributed by atoms with Gasteiger partial charge in [0.1, 0.15) is 5.75 Å². The van der Waals surface area contributed by atoms with Crippen LogP contribution in [0.5, 0.6) is 5.75 Å². The molecule has 0 fully saturated rings. The summed E-state index contributed by atoms with van der Waals surface area (Å²) in [6.45, 7) is 12.4. The Balaban J connectivity index is 2.06. The molecule has 56 heavy (non-hydrogen) atoms. The number of benzene rings is 1. The van der Waals surface area contributed by atoms with Gasteiger partial charge in [0.25, 0.3) is 0 Å². The topological polar surface area (TPSA) is 46.2 Å². The first-order chi connectivity index (χ1) is 27.7. The molecule has 0 N–H and O–H groups in total. The molecule has 0 bridgehead atoms. The van der Waals surface area contributed by atoms with Gasteiger partial charge in [0, 0.05) is 13.2 Å². The number of para-hydroxylation sites is 1. The van der Waals surface area contributed by atoms with E-state index < -0.39 is 8.60 Å². The number of rotatable bonds is 46. The molecule has 1 aromatic carbocycles. The molecule has 0 radical (unpaired) electrons. The van der Waals surface area contributed by atoms with Gasteiger partial charge in [-0.3, -0.25) is 0 Å². The highest BCUT2D eigenvalue weighted by Crippen LogP contribution is 2.41. The van der Waals surface area contributed by atoms with Gasteiger partial charge in [-0.1, -0.05) is 213 Å². The van der Waals surface area contributed by atoms with Crippen molar-refractivity contribution >= 4 is 8.60 Å². The Morgan fingerprint density at radius 3 is 1.05 bits per heavy atom. The molecule has 0 amide bonds. The van der Waals surface area contributed by atoms with Crippen LogP contribution >= 0.6 is 8.60 Å². The monoisotopic (exact) mass is 807 g/mol. The van der Waals surface area contributed by atoms with Crippen molar-refractivity contribution in [3.05, 3.63) is 30.3 Å². The second kappa shape index (κ2) is 43.9. The zero-order valence-electron chi connectivity index (χ0n) is 37.9. The molecule has 0 aromatic heterocycles. The average Bonchev–Trinajstić information content (AvgIpc) is 3.22. The fourth-order valence-corrected chi connectivity index (χ4v) is 8.46. The van der Waals surface area contributed by atoms with E-state index in [0.29, 0.717) is 25.4 Å². The van der Waals surface area contributed by atoms with Crippen LogP contribution in [0.2, 0.25) is 0 Å². The maximum Gasteiger partial charge on any atom is 0.397 e. The highest BCUT2D eigenvalue weighted by Gasteiger charge is 2.15. The molecule has 330 valence electrons. The van der Waals surface area contributed by atoms with Gasteiger partial charge in [0.2, 0.25) is 0 Å². The molecule has 0 aliphatic heterocycles. The van der Waals surface area contributed by atoms with Gasteiger partial charge in [-0.15, -0.1) is 0 Å². The highest BCUT2D eigenvalue weighted by molar-refractivity contribution is 7.42. The van der Waals surface area contributed by atoms with Gasteiger partial charge in [-0.05, 0) is 63.5 Å².